The lowest BCUT2D eigenvalue weighted by Gasteiger charge is -2.06. The van der Waals surface area contributed by atoms with Crippen molar-refractivity contribution in [2.24, 2.45) is 0 Å². The van der Waals surface area contributed by atoms with Crippen LogP contribution in [0.15, 0.2) is 36.5 Å². The van der Waals surface area contributed by atoms with Gasteiger partial charge in [0.05, 0.1) is 6.61 Å². The predicted octanol–water partition coefficient (Wildman–Crippen LogP) is 1.40. The topological polar surface area (TPSA) is 51.6 Å². The van der Waals surface area contributed by atoms with E-state index in [0.717, 1.165) is 16.6 Å². The first-order chi connectivity index (χ1) is 8.72. The second-order valence-electron chi connectivity index (χ2n) is 4.30. The summed E-state index contributed by atoms with van der Waals surface area (Å²) in [4.78, 5) is 4.17. The van der Waals surface area contributed by atoms with Crippen LogP contribution in [0.2, 0.25) is 0 Å². The van der Waals surface area contributed by atoms with Gasteiger partial charge in [0.2, 0.25) is 5.88 Å². The zero-order valence-electron chi connectivity index (χ0n) is 9.96. The Kier molecular flexibility index (Phi) is 2.78. The molecular weight excluding hydrogens is 229 g/mol. The van der Waals surface area contributed by atoms with Gasteiger partial charge in [-0.2, -0.15) is 0 Å². The van der Waals surface area contributed by atoms with E-state index in [1.807, 2.05) is 31.2 Å². The van der Waals surface area contributed by atoms with E-state index in [9.17, 15) is 5.02 Å². The molecule has 1 aliphatic heterocycles. The molecule has 0 amide bonds. The average Bonchev–Trinajstić information content (AvgIpc) is 2.74. The third-order valence-corrected chi connectivity index (χ3v) is 2.89. The molecular formula is C13H12BNO3. The lowest BCUT2D eigenvalue weighted by atomic mass is 9.79. The van der Waals surface area contributed by atoms with Crippen LogP contribution in [0.25, 0.3) is 0 Å². The van der Waals surface area contributed by atoms with E-state index in [4.69, 9.17) is 9.39 Å². The van der Waals surface area contributed by atoms with Crippen molar-refractivity contribution in [3.05, 3.63) is 47.7 Å². The molecule has 1 aromatic carbocycles. The van der Waals surface area contributed by atoms with Crippen molar-refractivity contribution in [3.63, 3.8) is 0 Å². The Bertz CT molecular complexity index is 571. The fraction of sp³-hybridized carbons (Fsp3) is 0.154. The van der Waals surface area contributed by atoms with E-state index in [1.54, 1.807) is 12.3 Å². The molecule has 1 aromatic heterocycles. The zero-order chi connectivity index (χ0) is 12.5. The van der Waals surface area contributed by atoms with E-state index in [1.165, 1.54) is 0 Å². The number of rotatable bonds is 2. The minimum atomic E-state index is -0.852. The van der Waals surface area contributed by atoms with Gasteiger partial charge >= 0.3 is 7.12 Å². The molecule has 1 aliphatic rings. The smallest absolute Gasteiger partial charge is 0.439 e. The molecule has 4 nitrogen and oxygen atoms in total. The van der Waals surface area contributed by atoms with Crippen molar-refractivity contribution in [1.82, 2.24) is 4.98 Å². The largest absolute Gasteiger partial charge is 0.491 e. The molecule has 0 spiro atoms. The van der Waals surface area contributed by atoms with Gasteiger partial charge in [-0.05, 0) is 35.6 Å². The van der Waals surface area contributed by atoms with E-state index in [2.05, 4.69) is 4.98 Å². The number of ether oxygens (including phenoxy) is 1. The van der Waals surface area contributed by atoms with Crippen LogP contribution in [-0.2, 0) is 11.3 Å². The number of fused-ring (bicyclic) bond motifs is 1. The average molecular weight is 241 g/mol. The van der Waals surface area contributed by atoms with Gasteiger partial charge in [0.15, 0.2) is 0 Å². The standard InChI is InChI=1S/C13H12BNO3/c1-9-2-5-13(15-7-9)18-11-4-3-10-8-17-14(16)12(10)6-11/h2-7,16H,8H2,1H3. The Hall–Kier alpha value is -1.85. The van der Waals surface area contributed by atoms with Crippen molar-refractivity contribution in [3.8, 4) is 11.6 Å². The van der Waals surface area contributed by atoms with Crippen molar-refractivity contribution in [2.45, 2.75) is 13.5 Å². The maximum Gasteiger partial charge on any atom is 0.491 e. The molecule has 5 heteroatoms. The van der Waals surface area contributed by atoms with E-state index >= 15 is 0 Å². The number of aromatic nitrogens is 1. The molecule has 0 saturated carbocycles. The maximum absolute atomic E-state index is 9.61. The third-order valence-electron chi connectivity index (χ3n) is 2.89. The molecule has 0 aliphatic carbocycles. The summed E-state index contributed by atoms with van der Waals surface area (Å²) >= 11 is 0. The Balaban J connectivity index is 1.85. The molecule has 18 heavy (non-hydrogen) atoms. The van der Waals surface area contributed by atoms with Crippen molar-refractivity contribution in [2.75, 3.05) is 0 Å². The fourth-order valence-electron chi connectivity index (χ4n) is 1.89. The van der Waals surface area contributed by atoms with Crippen LogP contribution in [-0.4, -0.2) is 17.1 Å². The summed E-state index contributed by atoms with van der Waals surface area (Å²) in [5.41, 5.74) is 2.84. The molecule has 2 aromatic rings. The Labute approximate surface area is 105 Å². The molecule has 0 fully saturated rings. The summed E-state index contributed by atoms with van der Waals surface area (Å²) in [7, 11) is -0.852. The highest BCUT2D eigenvalue weighted by atomic mass is 16.5. The molecule has 0 unspecified atom stereocenters. The van der Waals surface area contributed by atoms with E-state index < -0.39 is 7.12 Å². The third kappa shape index (κ3) is 2.10. The van der Waals surface area contributed by atoms with Crippen LogP contribution in [0.4, 0.5) is 0 Å². The molecule has 2 heterocycles. The zero-order valence-corrected chi connectivity index (χ0v) is 9.96. The highest BCUT2D eigenvalue weighted by Crippen LogP contribution is 2.21. The predicted molar refractivity (Wildman–Crippen MR) is 67.9 cm³/mol. The Morgan fingerprint density at radius 2 is 2.22 bits per heavy atom. The fourth-order valence-corrected chi connectivity index (χ4v) is 1.89. The first-order valence-corrected chi connectivity index (χ1v) is 5.75. The number of pyridine rings is 1. The highest BCUT2D eigenvalue weighted by Gasteiger charge is 2.27. The van der Waals surface area contributed by atoms with Crippen LogP contribution in [0.1, 0.15) is 11.1 Å². The van der Waals surface area contributed by atoms with Gasteiger partial charge in [0.25, 0.3) is 0 Å². The summed E-state index contributed by atoms with van der Waals surface area (Å²) < 4.78 is 10.8. The minimum Gasteiger partial charge on any atom is -0.439 e. The number of nitrogens with zero attached hydrogens (tertiary/aromatic N) is 1. The Morgan fingerprint density at radius 1 is 1.33 bits per heavy atom. The summed E-state index contributed by atoms with van der Waals surface area (Å²) in [6.07, 6.45) is 1.75. The van der Waals surface area contributed by atoms with Gasteiger partial charge in [-0.15, -0.1) is 0 Å². The molecule has 0 bridgehead atoms. The van der Waals surface area contributed by atoms with Gasteiger partial charge in [-0.1, -0.05) is 12.1 Å². The van der Waals surface area contributed by atoms with Crippen LogP contribution < -0.4 is 10.2 Å². The Morgan fingerprint density at radius 3 is 3.00 bits per heavy atom. The molecule has 0 atom stereocenters. The van der Waals surface area contributed by atoms with Crippen molar-refractivity contribution >= 4 is 12.6 Å². The van der Waals surface area contributed by atoms with Gasteiger partial charge in [-0.25, -0.2) is 4.98 Å². The van der Waals surface area contributed by atoms with Gasteiger partial charge in [0.1, 0.15) is 5.75 Å². The van der Waals surface area contributed by atoms with Crippen LogP contribution in [0, 0.1) is 6.92 Å². The summed E-state index contributed by atoms with van der Waals surface area (Å²) in [5.74, 6) is 1.18. The first kappa shape index (κ1) is 11.3. The van der Waals surface area contributed by atoms with E-state index in [0.29, 0.717) is 18.2 Å². The number of hydrogen-bond acceptors (Lipinski definition) is 4. The SMILES string of the molecule is Cc1ccc(Oc2ccc3c(c2)B(O)OC3)nc1. The first-order valence-electron chi connectivity index (χ1n) is 5.75. The lowest BCUT2D eigenvalue weighted by molar-refractivity contribution is 0.275. The highest BCUT2D eigenvalue weighted by molar-refractivity contribution is 6.61. The maximum atomic E-state index is 9.61. The van der Waals surface area contributed by atoms with Gasteiger partial charge in [0, 0.05) is 12.3 Å². The summed E-state index contributed by atoms with van der Waals surface area (Å²) in [6.45, 7) is 2.42. The molecule has 3 rings (SSSR count). The summed E-state index contributed by atoms with van der Waals surface area (Å²) in [6, 6.07) is 9.29. The van der Waals surface area contributed by atoms with E-state index in [-0.39, 0.29) is 0 Å². The van der Waals surface area contributed by atoms with Crippen molar-refractivity contribution < 1.29 is 14.4 Å². The lowest BCUT2D eigenvalue weighted by Crippen LogP contribution is -2.27. The molecule has 0 radical (unpaired) electrons. The summed E-state index contributed by atoms with van der Waals surface area (Å²) in [5, 5.41) is 9.61. The number of benzene rings is 1. The van der Waals surface area contributed by atoms with Crippen LogP contribution >= 0.6 is 0 Å². The van der Waals surface area contributed by atoms with Crippen LogP contribution in [0.5, 0.6) is 11.6 Å². The minimum absolute atomic E-state index is 0.444. The normalized spacial score (nSPS) is 13.6. The number of hydrogen-bond donors (Lipinski definition) is 1. The molecule has 0 saturated heterocycles. The monoisotopic (exact) mass is 241 g/mol. The van der Waals surface area contributed by atoms with Crippen LogP contribution in [0.3, 0.4) is 0 Å². The van der Waals surface area contributed by atoms with Gasteiger partial charge < -0.3 is 14.4 Å². The second-order valence-corrected chi connectivity index (χ2v) is 4.30. The van der Waals surface area contributed by atoms with Crippen molar-refractivity contribution in [1.29, 1.82) is 0 Å². The second kappa shape index (κ2) is 4.44. The quantitative estimate of drug-likeness (QED) is 0.807. The molecule has 1 N–H and O–H groups in total. The molecule has 90 valence electrons. The van der Waals surface area contributed by atoms with Gasteiger partial charge in [-0.3, -0.25) is 0 Å². The number of aryl methyl sites for hydroxylation is 1.